The SMILES string of the molecule is CCCC(C)Oc1c(C(C)=O)cc(Br)cc1[N+](=O)[O-]. The smallest absolute Gasteiger partial charge is 0.312 e. The molecule has 1 unspecified atom stereocenters. The maximum atomic E-state index is 11.6. The number of halogens is 1. The number of rotatable bonds is 6. The van der Waals surface area contributed by atoms with Crippen LogP contribution in [0.1, 0.15) is 44.0 Å². The minimum absolute atomic E-state index is 0.0571. The Labute approximate surface area is 120 Å². The van der Waals surface area contributed by atoms with Crippen molar-refractivity contribution < 1.29 is 14.5 Å². The molecule has 0 spiro atoms. The summed E-state index contributed by atoms with van der Waals surface area (Å²) in [5.74, 6) is -0.204. The number of nitrogens with zero attached hydrogens (tertiary/aromatic N) is 1. The highest BCUT2D eigenvalue weighted by Crippen LogP contribution is 2.36. The van der Waals surface area contributed by atoms with E-state index < -0.39 is 4.92 Å². The zero-order valence-corrected chi connectivity index (χ0v) is 12.7. The number of hydrogen-bond acceptors (Lipinski definition) is 4. The molecular formula is C13H16BrNO4. The van der Waals surface area contributed by atoms with E-state index >= 15 is 0 Å². The van der Waals surface area contributed by atoms with E-state index in [4.69, 9.17) is 4.74 Å². The van der Waals surface area contributed by atoms with Crippen molar-refractivity contribution in [3.63, 3.8) is 0 Å². The first-order chi connectivity index (χ1) is 8.86. The van der Waals surface area contributed by atoms with E-state index in [1.165, 1.54) is 13.0 Å². The summed E-state index contributed by atoms with van der Waals surface area (Å²) in [4.78, 5) is 22.2. The molecule has 0 radical (unpaired) electrons. The zero-order chi connectivity index (χ0) is 14.6. The van der Waals surface area contributed by atoms with Gasteiger partial charge in [-0.05, 0) is 26.3 Å². The molecule has 0 saturated carbocycles. The van der Waals surface area contributed by atoms with Crippen molar-refractivity contribution >= 4 is 27.4 Å². The second kappa shape index (κ2) is 6.65. The minimum Gasteiger partial charge on any atom is -0.483 e. The molecule has 1 aromatic rings. The van der Waals surface area contributed by atoms with Gasteiger partial charge in [0, 0.05) is 10.5 Å². The first kappa shape index (κ1) is 15.6. The topological polar surface area (TPSA) is 69.4 Å². The predicted molar refractivity (Wildman–Crippen MR) is 75.8 cm³/mol. The molecule has 0 aromatic heterocycles. The Bertz CT molecular complexity index is 466. The standard InChI is InChI=1S/C13H16BrNO4/c1-4-5-8(2)19-13-11(9(3)16)6-10(14)7-12(13)15(17)18/h6-8H,4-5H2,1-3H3. The molecule has 19 heavy (non-hydrogen) atoms. The van der Waals surface area contributed by atoms with Crippen LogP contribution in [0.3, 0.4) is 0 Å². The molecular weight excluding hydrogens is 314 g/mol. The Kier molecular flexibility index (Phi) is 5.47. The van der Waals surface area contributed by atoms with Gasteiger partial charge in [0.15, 0.2) is 5.78 Å². The largest absolute Gasteiger partial charge is 0.483 e. The summed E-state index contributed by atoms with van der Waals surface area (Å²) < 4.78 is 6.10. The minimum atomic E-state index is -0.537. The maximum absolute atomic E-state index is 11.6. The first-order valence-corrected chi connectivity index (χ1v) is 6.81. The van der Waals surface area contributed by atoms with Crippen LogP contribution in [0.15, 0.2) is 16.6 Å². The van der Waals surface area contributed by atoms with Crippen LogP contribution < -0.4 is 4.74 Å². The van der Waals surface area contributed by atoms with Gasteiger partial charge in [0.25, 0.3) is 0 Å². The van der Waals surface area contributed by atoms with Crippen molar-refractivity contribution in [1.82, 2.24) is 0 Å². The predicted octanol–water partition coefficient (Wildman–Crippen LogP) is 4.13. The van der Waals surface area contributed by atoms with Gasteiger partial charge in [0.05, 0.1) is 16.6 Å². The number of ether oxygens (including phenoxy) is 1. The van der Waals surface area contributed by atoms with Gasteiger partial charge in [-0.15, -0.1) is 0 Å². The fraction of sp³-hybridized carbons (Fsp3) is 0.462. The molecule has 104 valence electrons. The highest BCUT2D eigenvalue weighted by atomic mass is 79.9. The summed E-state index contributed by atoms with van der Waals surface area (Å²) in [6.07, 6.45) is 1.49. The van der Waals surface area contributed by atoms with Gasteiger partial charge in [-0.25, -0.2) is 0 Å². The summed E-state index contributed by atoms with van der Waals surface area (Å²) in [7, 11) is 0. The highest BCUT2D eigenvalue weighted by Gasteiger charge is 2.24. The van der Waals surface area contributed by atoms with Gasteiger partial charge in [-0.2, -0.15) is 0 Å². The third kappa shape index (κ3) is 4.02. The molecule has 0 fully saturated rings. The summed E-state index contributed by atoms with van der Waals surface area (Å²) in [5.41, 5.74) is 0.0338. The highest BCUT2D eigenvalue weighted by molar-refractivity contribution is 9.10. The molecule has 0 aliphatic heterocycles. The number of carbonyl (C=O) groups excluding carboxylic acids is 1. The van der Waals surface area contributed by atoms with Crippen LogP contribution >= 0.6 is 15.9 Å². The van der Waals surface area contributed by atoms with Crippen LogP contribution in [-0.4, -0.2) is 16.8 Å². The zero-order valence-electron chi connectivity index (χ0n) is 11.1. The molecule has 0 N–H and O–H groups in total. The summed E-state index contributed by atoms with van der Waals surface area (Å²) in [5, 5.41) is 11.1. The molecule has 0 heterocycles. The van der Waals surface area contributed by atoms with Crippen molar-refractivity contribution in [2.75, 3.05) is 0 Å². The van der Waals surface area contributed by atoms with E-state index in [0.29, 0.717) is 4.47 Å². The summed E-state index contributed by atoms with van der Waals surface area (Å²) in [6.45, 7) is 5.20. The van der Waals surface area contributed by atoms with Crippen molar-refractivity contribution in [3.05, 3.63) is 32.3 Å². The van der Waals surface area contributed by atoms with Gasteiger partial charge in [0.2, 0.25) is 5.75 Å². The van der Waals surface area contributed by atoms with Gasteiger partial charge in [-0.1, -0.05) is 29.3 Å². The van der Waals surface area contributed by atoms with Crippen LogP contribution in [0.5, 0.6) is 5.75 Å². The quantitative estimate of drug-likeness (QED) is 0.447. The molecule has 6 heteroatoms. The lowest BCUT2D eigenvalue weighted by Crippen LogP contribution is -2.14. The van der Waals surface area contributed by atoms with Gasteiger partial charge >= 0.3 is 5.69 Å². The number of carbonyl (C=O) groups is 1. The third-order valence-corrected chi connectivity index (χ3v) is 3.08. The van der Waals surface area contributed by atoms with Crippen LogP contribution in [0, 0.1) is 10.1 Å². The van der Waals surface area contributed by atoms with Crippen LogP contribution in [0.4, 0.5) is 5.69 Å². The van der Waals surface area contributed by atoms with Crippen molar-refractivity contribution in [2.45, 2.75) is 39.7 Å². The van der Waals surface area contributed by atoms with E-state index in [1.54, 1.807) is 6.07 Å². The Hall–Kier alpha value is -1.43. The van der Waals surface area contributed by atoms with Gasteiger partial charge in [0.1, 0.15) is 0 Å². The lowest BCUT2D eigenvalue weighted by Gasteiger charge is -2.16. The molecule has 0 aliphatic rings. The Morgan fingerprint density at radius 2 is 2.16 bits per heavy atom. The average molecular weight is 330 g/mol. The first-order valence-electron chi connectivity index (χ1n) is 6.02. The summed E-state index contributed by atoms with van der Waals surface area (Å²) in [6, 6.07) is 2.89. The molecule has 0 saturated heterocycles. The molecule has 1 atom stereocenters. The number of Topliss-reactive ketones (excluding diaryl/α,β-unsaturated/α-hetero) is 1. The van der Waals surface area contributed by atoms with E-state index in [-0.39, 0.29) is 28.9 Å². The van der Waals surface area contributed by atoms with Gasteiger partial charge < -0.3 is 4.74 Å². The fourth-order valence-electron chi connectivity index (χ4n) is 1.77. The number of nitro benzene ring substituents is 1. The lowest BCUT2D eigenvalue weighted by atomic mass is 10.1. The molecule has 1 aromatic carbocycles. The molecule has 0 amide bonds. The van der Waals surface area contributed by atoms with E-state index in [0.717, 1.165) is 12.8 Å². The van der Waals surface area contributed by atoms with Crippen LogP contribution in [0.2, 0.25) is 0 Å². The third-order valence-electron chi connectivity index (χ3n) is 2.62. The van der Waals surface area contributed by atoms with E-state index in [1.807, 2.05) is 13.8 Å². The lowest BCUT2D eigenvalue weighted by molar-refractivity contribution is -0.386. The number of nitro groups is 1. The van der Waals surface area contributed by atoms with Crippen LogP contribution in [0.25, 0.3) is 0 Å². The Morgan fingerprint density at radius 1 is 1.53 bits per heavy atom. The monoisotopic (exact) mass is 329 g/mol. The molecule has 5 nitrogen and oxygen atoms in total. The van der Waals surface area contributed by atoms with E-state index in [9.17, 15) is 14.9 Å². The number of hydrogen-bond donors (Lipinski definition) is 0. The second-order valence-electron chi connectivity index (χ2n) is 4.33. The van der Waals surface area contributed by atoms with Gasteiger partial charge in [-0.3, -0.25) is 14.9 Å². The van der Waals surface area contributed by atoms with Crippen molar-refractivity contribution in [2.24, 2.45) is 0 Å². The van der Waals surface area contributed by atoms with Crippen molar-refractivity contribution in [1.29, 1.82) is 0 Å². The average Bonchev–Trinajstić information content (AvgIpc) is 2.30. The second-order valence-corrected chi connectivity index (χ2v) is 5.25. The Morgan fingerprint density at radius 3 is 2.63 bits per heavy atom. The molecule has 1 rings (SSSR count). The normalized spacial score (nSPS) is 12.0. The summed E-state index contributed by atoms with van der Waals surface area (Å²) >= 11 is 3.17. The number of benzene rings is 1. The van der Waals surface area contributed by atoms with Crippen LogP contribution in [-0.2, 0) is 0 Å². The van der Waals surface area contributed by atoms with E-state index in [2.05, 4.69) is 15.9 Å². The molecule has 0 bridgehead atoms. The van der Waals surface area contributed by atoms with Crippen molar-refractivity contribution in [3.8, 4) is 5.75 Å². The molecule has 0 aliphatic carbocycles. The fourth-order valence-corrected chi connectivity index (χ4v) is 2.21. The Balaban J connectivity index is 3.31. The number of ketones is 1. The maximum Gasteiger partial charge on any atom is 0.312 e.